The Morgan fingerprint density at radius 1 is 1.57 bits per heavy atom. The molecular formula is C9H10N3O2-. The minimum atomic E-state index is -0.382. The van der Waals surface area contributed by atoms with Crippen molar-refractivity contribution in [3.05, 3.63) is 46.1 Å². The fourth-order valence-corrected chi connectivity index (χ4v) is 1.59. The first-order chi connectivity index (χ1) is 6.59. The van der Waals surface area contributed by atoms with E-state index >= 15 is 0 Å². The smallest absolute Gasteiger partial charge is 0.160 e. The van der Waals surface area contributed by atoms with Crippen LogP contribution in [0.2, 0.25) is 0 Å². The lowest BCUT2D eigenvalue weighted by atomic mass is 10.0. The Kier molecular flexibility index (Phi) is 1.73. The SMILES string of the molecule is CN1C=[N+](C)[C-]2C=C[C-]([N+](=O)[O-])C=C21. The lowest BCUT2D eigenvalue weighted by Gasteiger charge is -2.28. The van der Waals surface area contributed by atoms with Crippen LogP contribution in [-0.2, 0) is 0 Å². The predicted molar refractivity (Wildman–Crippen MR) is 50.7 cm³/mol. The number of hydrogen-bond donors (Lipinski definition) is 0. The van der Waals surface area contributed by atoms with Gasteiger partial charge in [0.2, 0.25) is 0 Å². The summed E-state index contributed by atoms with van der Waals surface area (Å²) in [6.07, 6.45) is 6.74. The van der Waals surface area contributed by atoms with Crippen molar-refractivity contribution in [3.8, 4) is 0 Å². The highest BCUT2D eigenvalue weighted by atomic mass is 16.6. The molecule has 5 heteroatoms. The molecule has 2 aliphatic rings. The Morgan fingerprint density at radius 3 is 2.93 bits per heavy atom. The molecule has 0 amide bonds. The van der Waals surface area contributed by atoms with Gasteiger partial charge in [-0.1, -0.05) is 0 Å². The first-order valence-corrected chi connectivity index (χ1v) is 4.18. The highest BCUT2D eigenvalue weighted by molar-refractivity contribution is 5.61. The van der Waals surface area contributed by atoms with Crippen LogP contribution in [0.1, 0.15) is 0 Å². The van der Waals surface area contributed by atoms with Gasteiger partial charge in [0.25, 0.3) is 0 Å². The largest absolute Gasteiger partial charge is 0.343 e. The molecule has 74 valence electrons. The van der Waals surface area contributed by atoms with E-state index in [0.29, 0.717) is 0 Å². The van der Waals surface area contributed by atoms with Crippen molar-refractivity contribution >= 4 is 6.34 Å². The summed E-state index contributed by atoms with van der Waals surface area (Å²) >= 11 is 0. The maximum absolute atomic E-state index is 10.6. The van der Waals surface area contributed by atoms with Gasteiger partial charge in [-0.3, -0.25) is 10.1 Å². The monoisotopic (exact) mass is 192 g/mol. The minimum absolute atomic E-state index is 0.124. The minimum Gasteiger partial charge on any atom is -0.343 e. The van der Waals surface area contributed by atoms with Gasteiger partial charge in [-0.05, 0) is 16.7 Å². The van der Waals surface area contributed by atoms with E-state index in [2.05, 4.69) is 0 Å². The zero-order chi connectivity index (χ0) is 10.3. The topological polar surface area (TPSA) is 49.4 Å². The molecule has 0 N–H and O–H groups in total. The molecule has 0 aromatic heterocycles. The van der Waals surface area contributed by atoms with Crippen LogP contribution < -0.4 is 0 Å². The van der Waals surface area contributed by atoms with Crippen LogP contribution in [0, 0.1) is 22.2 Å². The van der Waals surface area contributed by atoms with Gasteiger partial charge in [-0.2, -0.15) is 12.2 Å². The van der Waals surface area contributed by atoms with Crippen LogP contribution in [0.15, 0.2) is 23.9 Å². The summed E-state index contributed by atoms with van der Waals surface area (Å²) in [5.74, 6) is 0. The summed E-state index contributed by atoms with van der Waals surface area (Å²) in [4.78, 5) is 12.0. The molecule has 0 atom stereocenters. The van der Waals surface area contributed by atoms with E-state index < -0.39 is 0 Å². The molecule has 0 radical (unpaired) electrons. The first kappa shape index (κ1) is 8.68. The maximum atomic E-state index is 10.6. The lowest BCUT2D eigenvalue weighted by molar-refractivity contribution is -0.462. The number of nitrogens with zero attached hydrogens (tertiary/aromatic N) is 3. The Bertz CT molecular complexity index is 370. The van der Waals surface area contributed by atoms with Crippen LogP contribution in [-0.4, -0.2) is 34.8 Å². The van der Waals surface area contributed by atoms with Crippen LogP contribution in [0.3, 0.4) is 0 Å². The van der Waals surface area contributed by atoms with Crippen LogP contribution in [0.5, 0.6) is 0 Å². The van der Waals surface area contributed by atoms with E-state index in [9.17, 15) is 10.1 Å². The van der Waals surface area contributed by atoms with Gasteiger partial charge < -0.3 is 9.48 Å². The summed E-state index contributed by atoms with van der Waals surface area (Å²) < 4.78 is 1.93. The predicted octanol–water partition coefficient (Wildman–Crippen LogP) is 0.397. The fourth-order valence-electron chi connectivity index (χ4n) is 1.59. The van der Waals surface area contributed by atoms with Gasteiger partial charge >= 0.3 is 0 Å². The molecule has 0 aromatic rings. The second-order valence-corrected chi connectivity index (χ2v) is 3.27. The third kappa shape index (κ3) is 1.14. The van der Waals surface area contributed by atoms with Gasteiger partial charge in [0, 0.05) is 0 Å². The third-order valence-corrected chi connectivity index (χ3v) is 2.28. The Hall–Kier alpha value is -1.91. The molecule has 0 unspecified atom stereocenters. The summed E-state index contributed by atoms with van der Waals surface area (Å²) in [5.41, 5.74) is 0.863. The molecule has 0 spiro atoms. The summed E-state index contributed by atoms with van der Waals surface area (Å²) in [7, 11) is 3.78. The number of rotatable bonds is 1. The molecule has 1 aliphatic carbocycles. The molecule has 0 bridgehead atoms. The van der Waals surface area contributed by atoms with Gasteiger partial charge in [0.05, 0.1) is 20.1 Å². The molecule has 0 saturated heterocycles. The van der Waals surface area contributed by atoms with Crippen molar-refractivity contribution in [1.82, 2.24) is 4.90 Å². The molecule has 0 aromatic carbocycles. The zero-order valence-corrected chi connectivity index (χ0v) is 7.97. The second kappa shape index (κ2) is 2.80. The van der Waals surface area contributed by atoms with E-state index in [4.69, 9.17) is 0 Å². The number of fused-ring (bicyclic) bond motifs is 1. The lowest BCUT2D eigenvalue weighted by Crippen LogP contribution is -2.18. The normalized spacial score (nSPS) is 19.4. The van der Waals surface area contributed by atoms with Crippen molar-refractivity contribution in [2.24, 2.45) is 0 Å². The standard InChI is InChI=1S/C9H10N3O2/c1-10-6-11(2)9-5-7(12(13)14)3-4-8(9)10/h3-6H,1-2H3/q-1. The van der Waals surface area contributed by atoms with Crippen LogP contribution >= 0.6 is 0 Å². The number of nitro groups is 1. The summed E-state index contributed by atoms with van der Waals surface area (Å²) in [6.45, 7) is 0. The van der Waals surface area contributed by atoms with Gasteiger partial charge in [-0.25, -0.2) is 0 Å². The molecular weight excluding hydrogens is 182 g/mol. The average molecular weight is 192 g/mol. The van der Waals surface area contributed by atoms with Crippen LogP contribution in [0.25, 0.3) is 0 Å². The Labute approximate surface area is 81.8 Å². The van der Waals surface area contributed by atoms with Crippen molar-refractivity contribution in [2.45, 2.75) is 0 Å². The highest BCUT2D eigenvalue weighted by Gasteiger charge is 2.21. The number of hydrogen-bond acceptors (Lipinski definition) is 3. The molecule has 14 heavy (non-hydrogen) atoms. The van der Waals surface area contributed by atoms with E-state index in [1.165, 1.54) is 6.08 Å². The van der Waals surface area contributed by atoms with Crippen molar-refractivity contribution < 1.29 is 9.50 Å². The second-order valence-electron chi connectivity index (χ2n) is 3.27. The Morgan fingerprint density at radius 2 is 2.29 bits per heavy atom. The molecule has 1 heterocycles. The van der Waals surface area contributed by atoms with Crippen LogP contribution in [0.4, 0.5) is 0 Å². The molecule has 1 aliphatic heterocycles. The van der Waals surface area contributed by atoms with Gasteiger partial charge in [0.1, 0.15) is 0 Å². The van der Waals surface area contributed by atoms with E-state index in [1.54, 1.807) is 12.2 Å². The highest BCUT2D eigenvalue weighted by Crippen LogP contribution is 2.30. The first-order valence-electron chi connectivity index (χ1n) is 4.18. The maximum Gasteiger partial charge on any atom is 0.160 e. The van der Waals surface area contributed by atoms with E-state index in [0.717, 1.165) is 11.7 Å². The molecule has 5 nitrogen and oxygen atoms in total. The van der Waals surface area contributed by atoms with Gasteiger partial charge in [-0.15, -0.1) is 6.08 Å². The fraction of sp³-hybridized carbons (Fsp3) is 0.222. The zero-order valence-electron chi connectivity index (χ0n) is 7.97. The van der Waals surface area contributed by atoms with Crippen molar-refractivity contribution in [2.75, 3.05) is 14.1 Å². The van der Waals surface area contributed by atoms with E-state index in [1.807, 2.05) is 29.9 Å². The quantitative estimate of drug-likeness (QED) is 0.261. The number of likely N-dealkylation sites (N-methyl/N-ethyl adjacent to an activating group) is 2. The molecule has 2 rings (SSSR count). The van der Waals surface area contributed by atoms with E-state index in [-0.39, 0.29) is 11.0 Å². The summed E-state index contributed by atoms with van der Waals surface area (Å²) in [6, 6.07) is 1.11. The molecule has 0 fully saturated rings. The van der Waals surface area contributed by atoms with Crippen molar-refractivity contribution in [1.29, 1.82) is 0 Å². The molecule has 0 saturated carbocycles. The third-order valence-electron chi connectivity index (χ3n) is 2.28. The van der Waals surface area contributed by atoms with Gasteiger partial charge in [0.15, 0.2) is 6.34 Å². The van der Waals surface area contributed by atoms with Crippen molar-refractivity contribution in [3.63, 3.8) is 0 Å². The average Bonchev–Trinajstić information content (AvgIpc) is 2.42. The Balaban J connectivity index is 2.31. The summed E-state index contributed by atoms with van der Waals surface area (Å²) in [5, 5.41) is 10.6.